The first kappa shape index (κ1) is 16.2. The zero-order chi connectivity index (χ0) is 17.1. The Balaban J connectivity index is 1.77. The summed E-state index contributed by atoms with van der Waals surface area (Å²) >= 11 is 5.93. The Morgan fingerprint density at radius 3 is 2.71 bits per heavy atom. The molecule has 24 heavy (non-hydrogen) atoms. The van der Waals surface area contributed by atoms with E-state index in [4.69, 9.17) is 11.6 Å². The number of benzene rings is 1. The van der Waals surface area contributed by atoms with Gasteiger partial charge in [0.2, 0.25) is 5.65 Å². The fraction of sp³-hybridized carbons (Fsp3) is 0.250. The monoisotopic (exact) mass is 345 g/mol. The van der Waals surface area contributed by atoms with Crippen molar-refractivity contribution >= 4 is 28.9 Å². The minimum absolute atomic E-state index is 0.154. The second-order valence-electron chi connectivity index (χ2n) is 5.40. The Morgan fingerprint density at radius 2 is 2.04 bits per heavy atom. The van der Waals surface area contributed by atoms with E-state index in [0.717, 1.165) is 6.42 Å². The van der Waals surface area contributed by atoms with E-state index in [1.54, 1.807) is 12.1 Å². The van der Waals surface area contributed by atoms with E-state index < -0.39 is 4.92 Å². The number of aromatic nitrogens is 3. The lowest BCUT2D eigenvalue weighted by Crippen LogP contribution is -2.14. The molecule has 0 saturated heterocycles. The molecule has 1 unspecified atom stereocenters. The third kappa shape index (κ3) is 3.30. The zero-order valence-corrected chi connectivity index (χ0v) is 13.8. The lowest BCUT2D eigenvalue weighted by molar-refractivity contribution is -0.391. The van der Waals surface area contributed by atoms with Gasteiger partial charge in [-0.3, -0.25) is 0 Å². The summed E-state index contributed by atoms with van der Waals surface area (Å²) in [6.07, 6.45) is 2.15. The maximum Gasteiger partial charge on any atom is 0.368 e. The van der Waals surface area contributed by atoms with Gasteiger partial charge in [-0.2, -0.15) is 0 Å². The van der Waals surface area contributed by atoms with Gasteiger partial charge in [0.25, 0.3) is 0 Å². The predicted molar refractivity (Wildman–Crippen MR) is 92.6 cm³/mol. The van der Waals surface area contributed by atoms with E-state index in [1.807, 2.05) is 24.3 Å². The van der Waals surface area contributed by atoms with Gasteiger partial charge >= 0.3 is 5.82 Å². The minimum atomic E-state index is -0.501. The average Bonchev–Trinajstić information content (AvgIpc) is 3.00. The fourth-order valence-electron chi connectivity index (χ4n) is 2.54. The molecule has 2 heterocycles. The molecule has 0 amide bonds. The van der Waals surface area contributed by atoms with Gasteiger partial charge in [-0.25, -0.2) is 4.98 Å². The number of halogens is 1. The third-order valence-electron chi connectivity index (χ3n) is 3.90. The molecule has 7 nitrogen and oxygen atoms in total. The molecule has 1 N–H and O–H groups in total. The summed E-state index contributed by atoms with van der Waals surface area (Å²) in [4.78, 5) is 14.5. The number of imidazole rings is 1. The maximum atomic E-state index is 11.0. The summed E-state index contributed by atoms with van der Waals surface area (Å²) in [5.74, 6) is 0.701. The molecule has 3 aromatic rings. The van der Waals surface area contributed by atoms with Crippen molar-refractivity contribution in [2.75, 3.05) is 11.9 Å². The number of anilines is 1. The standard InChI is InChI=1S/C16H16ClN5O2/c1-2-11(12-3-5-13(17)6-4-12)9-18-14-7-8-15-19-10-16(22(23)24)21(15)20-14/h3-8,10-11H,2,9H2,1H3,(H,18,20). The Labute approximate surface area is 143 Å². The summed E-state index contributed by atoms with van der Waals surface area (Å²) in [6, 6.07) is 11.2. The van der Waals surface area contributed by atoms with Crippen molar-refractivity contribution in [3.8, 4) is 0 Å². The van der Waals surface area contributed by atoms with Gasteiger partial charge in [0.15, 0.2) is 5.82 Å². The molecular weight excluding hydrogens is 330 g/mol. The molecule has 1 atom stereocenters. The van der Waals surface area contributed by atoms with Gasteiger partial charge in [-0.05, 0) is 35.1 Å². The van der Waals surface area contributed by atoms with Crippen LogP contribution in [0.25, 0.3) is 5.65 Å². The predicted octanol–water partition coefficient (Wildman–Crippen LogP) is 3.90. The van der Waals surface area contributed by atoms with Crippen molar-refractivity contribution in [3.05, 3.63) is 63.3 Å². The summed E-state index contributed by atoms with van der Waals surface area (Å²) in [6.45, 7) is 2.78. The Bertz CT molecular complexity index is 863. The van der Waals surface area contributed by atoms with Crippen LogP contribution in [0.3, 0.4) is 0 Å². The lowest BCUT2D eigenvalue weighted by atomic mass is 9.96. The van der Waals surface area contributed by atoms with E-state index in [-0.39, 0.29) is 11.7 Å². The van der Waals surface area contributed by atoms with Gasteiger partial charge in [-0.1, -0.05) is 40.3 Å². The number of nitrogens with zero attached hydrogens (tertiary/aromatic N) is 4. The van der Waals surface area contributed by atoms with Gasteiger partial charge < -0.3 is 15.4 Å². The van der Waals surface area contributed by atoms with Crippen LogP contribution in [0.1, 0.15) is 24.8 Å². The van der Waals surface area contributed by atoms with Crippen LogP contribution in [0.2, 0.25) is 5.02 Å². The topological polar surface area (TPSA) is 85.4 Å². The zero-order valence-electron chi connectivity index (χ0n) is 13.0. The molecule has 0 fully saturated rings. The first-order valence-corrected chi connectivity index (χ1v) is 7.94. The number of nitro groups is 1. The van der Waals surface area contributed by atoms with Crippen molar-refractivity contribution in [3.63, 3.8) is 0 Å². The maximum absolute atomic E-state index is 11.0. The summed E-state index contributed by atoms with van der Waals surface area (Å²) in [5.41, 5.74) is 1.63. The summed E-state index contributed by atoms with van der Waals surface area (Å²) in [7, 11) is 0. The number of hydrogen-bond donors (Lipinski definition) is 1. The second-order valence-corrected chi connectivity index (χ2v) is 5.84. The van der Waals surface area contributed by atoms with E-state index in [0.29, 0.717) is 23.0 Å². The van der Waals surface area contributed by atoms with Crippen molar-refractivity contribution < 1.29 is 4.92 Å². The van der Waals surface area contributed by atoms with Crippen LogP contribution >= 0.6 is 11.6 Å². The van der Waals surface area contributed by atoms with Gasteiger partial charge in [0.05, 0.1) is 0 Å². The highest BCUT2D eigenvalue weighted by atomic mass is 35.5. The van der Waals surface area contributed by atoms with Crippen LogP contribution in [0.15, 0.2) is 42.6 Å². The first-order valence-electron chi connectivity index (χ1n) is 7.57. The number of hydrogen-bond acceptors (Lipinski definition) is 5. The van der Waals surface area contributed by atoms with Gasteiger partial charge in [0, 0.05) is 23.6 Å². The molecule has 0 aliphatic rings. The summed E-state index contributed by atoms with van der Waals surface area (Å²) in [5, 5.41) is 19.2. The Hall–Kier alpha value is -2.67. The highest BCUT2D eigenvalue weighted by molar-refractivity contribution is 6.30. The second kappa shape index (κ2) is 6.84. The largest absolute Gasteiger partial charge is 0.368 e. The highest BCUT2D eigenvalue weighted by Gasteiger charge is 2.16. The SMILES string of the molecule is CCC(CNc1ccc2ncc([N+](=O)[O-])n2n1)c1ccc(Cl)cc1. The van der Waals surface area contributed by atoms with Crippen LogP contribution in [0, 0.1) is 10.1 Å². The molecule has 0 bridgehead atoms. The van der Waals surface area contributed by atoms with Crippen molar-refractivity contribution in [1.82, 2.24) is 14.6 Å². The van der Waals surface area contributed by atoms with Crippen LogP contribution < -0.4 is 5.32 Å². The molecule has 0 aliphatic carbocycles. The van der Waals surface area contributed by atoms with Crippen molar-refractivity contribution in [1.29, 1.82) is 0 Å². The molecule has 2 aromatic heterocycles. The lowest BCUT2D eigenvalue weighted by Gasteiger charge is -2.16. The minimum Gasteiger partial charge on any atom is -0.366 e. The Morgan fingerprint density at radius 1 is 1.29 bits per heavy atom. The third-order valence-corrected chi connectivity index (χ3v) is 4.15. The van der Waals surface area contributed by atoms with Crippen LogP contribution in [0.4, 0.5) is 11.6 Å². The highest BCUT2D eigenvalue weighted by Crippen LogP contribution is 2.22. The molecule has 3 rings (SSSR count). The molecule has 1 aromatic carbocycles. The van der Waals surface area contributed by atoms with E-state index >= 15 is 0 Å². The molecule has 0 saturated carbocycles. The van der Waals surface area contributed by atoms with Crippen molar-refractivity contribution in [2.45, 2.75) is 19.3 Å². The van der Waals surface area contributed by atoms with Gasteiger partial charge in [-0.15, -0.1) is 0 Å². The van der Waals surface area contributed by atoms with E-state index in [1.165, 1.54) is 16.3 Å². The molecule has 0 aliphatic heterocycles. The molecule has 8 heteroatoms. The Kier molecular flexibility index (Phi) is 4.61. The summed E-state index contributed by atoms with van der Waals surface area (Å²) < 4.78 is 1.23. The molecule has 0 radical (unpaired) electrons. The van der Waals surface area contributed by atoms with Crippen LogP contribution in [-0.2, 0) is 0 Å². The number of rotatable bonds is 6. The molecule has 124 valence electrons. The van der Waals surface area contributed by atoms with E-state index in [9.17, 15) is 10.1 Å². The van der Waals surface area contributed by atoms with E-state index in [2.05, 4.69) is 22.3 Å². The fourth-order valence-corrected chi connectivity index (χ4v) is 2.67. The number of fused-ring (bicyclic) bond motifs is 1. The first-order chi connectivity index (χ1) is 11.6. The van der Waals surface area contributed by atoms with Crippen molar-refractivity contribution in [2.24, 2.45) is 0 Å². The molecular formula is C16H16ClN5O2. The number of nitrogens with one attached hydrogen (secondary N) is 1. The molecule has 0 spiro atoms. The normalized spacial score (nSPS) is 12.2. The average molecular weight is 346 g/mol. The quantitative estimate of drug-likeness (QED) is 0.541. The van der Waals surface area contributed by atoms with Gasteiger partial charge in [0.1, 0.15) is 6.20 Å². The smallest absolute Gasteiger partial charge is 0.366 e. The van der Waals surface area contributed by atoms with Crippen LogP contribution in [-0.4, -0.2) is 26.1 Å². The van der Waals surface area contributed by atoms with Crippen LogP contribution in [0.5, 0.6) is 0 Å².